The van der Waals surface area contributed by atoms with Crippen molar-refractivity contribution >= 4 is 40.2 Å². The minimum Gasteiger partial charge on any atom is -0.478 e. The van der Waals surface area contributed by atoms with E-state index < -0.39 is 5.97 Å². The van der Waals surface area contributed by atoms with Crippen LogP contribution in [-0.4, -0.2) is 16.1 Å². The largest absolute Gasteiger partial charge is 0.478 e. The summed E-state index contributed by atoms with van der Waals surface area (Å²) in [6.07, 6.45) is 1.43. The second kappa shape index (κ2) is 5.53. The highest BCUT2D eigenvalue weighted by Gasteiger charge is 2.13. The van der Waals surface area contributed by atoms with Crippen molar-refractivity contribution in [3.8, 4) is 11.6 Å². The summed E-state index contributed by atoms with van der Waals surface area (Å²) in [5, 5.41) is 9.58. The number of hydrogen-bond donors (Lipinski definition) is 1. The molecule has 92 valence electrons. The average molecular weight is 376 g/mol. The molecule has 1 aromatic carbocycles. The van der Waals surface area contributed by atoms with Crippen LogP contribution < -0.4 is 4.74 Å². The van der Waals surface area contributed by atoms with Crippen molar-refractivity contribution in [2.75, 3.05) is 0 Å². The van der Waals surface area contributed by atoms with E-state index in [9.17, 15) is 4.79 Å². The fraction of sp³-hybridized carbons (Fsp3) is 0. The van der Waals surface area contributed by atoms with Crippen LogP contribution in [0.4, 0.5) is 0 Å². The van der Waals surface area contributed by atoms with Crippen LogP contribution in [0.3, 0.4) is 0 Å². The van der Waals surface area contributed by atoms with Crippen molar-refractivity contribution in [2.45, 2.75) is 0 Å². The lowest BCUT2D eigenvalue weighted by Gasteiger charge is -2.08. The molecule has 0 atom stereocenters. The van der Waals surface area contributed by atoms with E-state index in [0.717, 1.165) is 3.57 Å². The number of ether oxygens (including phenoxy) is 1. The Hall–Kier alpha value is -1.34. The van der Waals surface area contributed by atoms with Gasteiger partial charge in [0.1, 0.15) is 11.3 Å². The minimum absolute atomic E-state index is 0.0960. The highest BCUT2D eigenvalue weighted by atomic mass is 127. The zero-order valence-electron chi connectivity index (χ0n) is 8.93. The maximum absolute atomic E-state index is 11.1. The Morgan fingerprint density at radius 2 is 2.11 bits per heavy atom. The Bertz CT molecular complexity index is 586. The molecule has 1 aromatic heterocycles. The van der Waals surface area contributed by atoms with Crippen LogP contribution >= 0.6 is 34.2 Å². The molecule has 0 spiro atoms. The van der Waals surface area contributed by atoms with Gasteiger partial charge >= 0.3 is 5.97 Å². The Balaban J connectivity index is 2.34. The summed E-state index contributed by atoms with van der Waals surface area (Å²) in [6.45, 7) is 0. The van der Waals surface area contributed by atoms with Crippen molar-refractivity contribution in [2.24, 2.45) is 0 Å². The van der Waals surface area contributed by atoms with Gasteiger partial charge in [-0.05, 0) is 46.9 Å². The molecule has 6 heteroatoms. The van der Waals surface area contributed by atoms with E-state index in [2.05, 4.69) is 4.98 Å². The van der Waals surface area contributed by atoms with Crippen molar-refractivity contribution in [3.05, 3.63) is 50.7 Å². The van der Waals surface area contributed by atoms with E-state index in [1.807, 2.05) is 22.6 Å². The molecule has 0 aliphatic rings. The van der Waals surface area contributed by atoms with Crippen LogP contribution in [0.1, 0.15) is 10.4 Å². The fourth-order valence-electron chi connectivity index (χ4n) is 1.29. The van der Waals surface area contributed by atoms with Gasteiger partial charge in [-0.2, -0.15) is 0 Å². The van der Waals surface area contributed by atoms with E-state index in [-0.39, 0.29) is 11.3 Å². The number of carbonyl (C=O) groups is 1. The molecule has 0 aliphatic heterocycles. The number of halogens is 2. The van der Waals surface area contributed by atoms with E-state index in [0.29, 0.717) is 10.9 Å². The monoisotopic (exact) mass is 375 g/mol. The van der Waals surface area contributed by atoms with Crippen molar-refractivity contribution in [1.82, 2.24) is 4.98 Å². The quantitative estimate of drug-likeness (QED) is 0.828. The predicted octanol–water partition coefficient (Wildman–Crippen LogP) is 3.83. The topological polar surface area (TPSA) is 59.4 Å². The summed E-state index contributed by atoms with van der Waals surface area (Å²) in [5.41, 5.74) is 0.0960. The molecule has 0 fully saturated rings. The number of benzene rings is 1. The summed E-state index contributed by atoms with van der Waals surface area (Å²) in [4.78, 5) is 15.0. The smallest absolute Gasteiger partial charge is 0.339 e. The van der Waals surface area contributed by atoms with Crippen LogP contribution in [0, 0.1) is 3.57 Å². The normalized spacial score (nSPS) is 10.1. The number of aromatic carboxylic acids is 1. The third-order valence-electron chi connectivity index (χ3n) is 2.09. The first-order chi connectivity index (χ1) is 8.56. The van der Waals surface area contributed by atoms with Crippen LogP contribution in [0.15, 0.2) is 36.5 Å². The number of hydrogen-bond acceptors (Lipinski definition) is 3. The Labute approximate surface area is 122 Å². The first kappa shape index (κ1) is 13.1. The lowest BCUT2D eigenvalue weighted by Crippen LogP contribution is -2.01. The molecule has 2 aromatic rings. The van der Waals surface area contributed by atoms with Gasteiger partial charge in [-0.3, -0.25) is 0 Å². The third kappa shape index (κ3) is 3.11. The second-order valence-corrected chi connectivity index (χ2v) is 5.04. The molecule has 4 nitrogen and oxygen atoms in total. The summed E-state index contributed by atoms with van der Waals surface area (Å²) in [5.74, 6) is -0.502. The molecule has 18 heavy (non-hydrogen) atoms. The molecule has 0 aliphatic carbocycles. The first-order valence-electron chi connectivity index (χ1n) is 4.88. The van der Waals surface area contributed by atoms with Gasteiger partial charge < -0.3 is 9.84 Å². The molecular formula is C12H7ClINO3. The standard InChI is InChI=1S/C12H7ClINO3/c13-7-1-4-11(15-6-7)18-10-3-2-8(14)5-9(10)12(16)17/h1-6H,(H,16,17). The zero-order valence-corrected chi connectivity index (χ0v) is 11.8. The van der Waals surface area contributed by atoms with Crippen molar-refractivity contribution < 1.29 is 14.6 Å². The van der Waals surface area contributed by atoms with Gasteiger partial charge in [-0.15, -0.1) is 0 Å². The summed E-state index contributed by atoms with van der Waals surface area (Å²) >= 11 is 7.74. The van der Waals surface area contributed by atoms with Crippen LogP contribution in [0.5, 0.6) is 11.6 Å². The molecule has 1 N–H and O–H groups in total. The predicted molar refractivity (Wildman–Crippen MR) is 75.4 cm³/mol. The fourth-order valence-corrected chi connectivity index (χ4v) is 1.90. The van der Waals surface area contributed by atoms with Crippen molar-refractivity contribution in [1.29, 1.82) is 0 Å². The van der Waals surface area contributed by atoms with Gasteiger partial charge in [0.15, 0.2) is 0 Å². The highest BCUT2D eigenvalue weighted by molar-refractivity contribution is 14.1. The van der Waals surface area contributed by atoms with Gasteiger partial charge in [0, 0.05) is 15.8 Å². The maximum atomic E-state index is 11.1. The number of nitrogens with zero attached hydrogens (tertiary/aromatic N) is 1. The van der Waals surface area contributed by atoms with Gasteiger partial charge in [-0.25, -0.2) is 9.78 Å². The molecule has 1 heterocycles. The second-order valence-electron chi connectivity index (χ2n) is 3.36. The average Bonchev–Trinajstić information content (AvgIpc) is 2.34. The van der Waals surface area contributed by atoms with Crippen molar-refractivity contribution in [3.63, 3.8) is 0 Å². The number of aromatic nitrogens is 1. The van der Waals surface area contributed by atoms with E-state index >= 15 is 0 Å². The van der Waals surface area contributed by atoms with Crippen LogP contribution in [-0.2, 0) is 0 Å². The van der Waals surface area contributed by atoms with E-state index in [1.54, 1.807) is 24.3 Å². The number of carboxylic acids is 1. The molecule has 2 rings (SSSR count). The summed E-state index contributed by atoms with van der Waals surface area (Å²) in [6, 6.07) is 8.09. The summed E-state index contributed by atoms with van der Waals surface area (Å²) < 4.78 is 6.25. The van der Waals surface area contributed by atoms with Gasteiger partial charge in [0.2, 0.25) is 5.88 Å². The lowest BCUT2D eigenvalue weighted by molar-refractivity contribution is 0.0694. The molecular weight excluding hydrogens is 368 g/mol. The number of carboxylic acid groups (broad SMARTS) is 1. The Morgan fingerprint density at radius 3 is 2.72 bits per heavy atom. The van der Waals surface area contributed by atoms with Gasteiger partial charge in [0.25, 0.3) is 0 Å². The molecule has 0 saturated carbocycles. The molecule has 0 radical (unpaired) electrons. The minimum atomic E-state index is -1.04. The van der Waals surface area contributed by atoms with E-state index in [4.69, 9.17) is 21.4 Å². The molecule has 0 saturated heterocycles. The van der Waals surface area contributed by atoms with E-state index in [1.165, 1.54) is 12.3 Å². The molecule has 0 amide bonds. The molecule has 0 unspecified atom stereocenters. The first-order valence-corrected chi connectivity index (χ1v) is 6.34. The number of pyridine rings is 1. The van der Waals surface area contributed by atoms with Crippen LogP contribution in [0.2, 0.25) is 5.02 Å². The number of rotatable bonds is 3. The van der Waals surface area contributed by atoms with Gasteiger partial charge in [0.05, 0.1) is 5.02 Å². The Kier molecular flexibility index (Phi) is 4.03. The maximum Gasteiger partial charge on any atom is 0.339 e. The van der Waals surface area contributed by atoms with Crippen LogP contribution in [0.25, 0.3) is 0 Å². The SMILES string of the molecule is O=C(O)c1cc(I)ccc1Oc1ccc(Cl)cn1. The Morgan fingerprint density at radius 1 is 1.33 bits per heavy atom. The van der Waals surface area contributed by atoms with Gasteiger partial charge in [-0.1, -0.05) is 11.6 Å². The highest BCUT2D eigenvalue weighted by Crippen LogP contribution is 2.26. The molecule has 0 bridgehead atoms. The summed E-state index contributed by atoms with van der Waals surface area (Å²) in [7, 11) is 0. The zero-order chi connectivity index (χ0) is 13.1. The lowest BCUT2D eigenvalue weighted by atomic mass is 10.2. The third-order valence-corrected chi connectivity index (χ3v) is 2.98.